The zero-order valence-corrected chi connectivity index (χ0v) is 3.35. The minimum Gasteiger partial charge on any atom is -0.482 e. The highest BCUT2D eigenvalue weighted by Gasteiger charge is 1.90. The van der Waals surface area contributed by atoms with Crippen LogP contribution in [-0.2, 0) is 4.79 Å². The third-order valence-corrected chi connectivity index (χ3v) is 0.358. The van der Waals surface area contributed by atoms with Gasteiger partial charge in [-0.3, -0.25) is 4.79 Å². The van der Waals surface area contributed by atoms with Gasteiger partial charge in [0.25, 0.3) is 5.97 Å². The topological polar surface area (TPSA) is 63.3 Å². The SMILES string of the molecule is NBCC(=O)O. The van der Waals surface area contributed by atoms with Crippen LogP contribution < -0.4 is 5.64 Å². The summed E-state index contributed by atoms with van der Waals surface area (Å²) < 4.78 is 0. The standard InChI is InChI=1S/C2H6BNO2/c4-3-1-2(5)6/h3H,1,4H2,(H,5,6). The van der Waals surface area contributed by atoms with Crippen molar-refractivity contribution < 1.29 is 9.90 Å². The molecule has 6 heavy (non-hydrogen) atoms. The fraction of sp³-hybridized carbons (Fsp3) is 0.500. The number of carbonyl (C=O) groups is 1. The lowest BCUT2D eigenvalue weighted by atomic mass is 9.92. The summed E-state index contributed by atoms with van der Waals surface area (Å²) >= 11 is 0. The van der Waals surface area contributed by atoms with Gasteiger partial charge in [-0.05, 0) is 0 Å². The smallest absolute Gasteiger partial charge is 0.297 e. The van der Waals surface area contributed by atoms with E-state index in [4.69, 9.17) is 10.8 Å². The van der Waals surface area contributed by atoms with Gasteiger partial charge in [0.15, 0.2) is 0 Å². The summed E-state index contributed by atoms with van der Waals surface area (Å²) in [5, 5.41) is 7.83. The van der Waals surface area contributed by atoms with Gasteiger partial charge < -0.3 is 10.8 Å². The van der Waals surface area contributed by atoms with E-state index in [1.807, 2.05) is 0 Å². The molecule has 0 saturated carbocycles. The fourth-order valence-electron chi connectivity index (χ4n) is 0.123. The minimum atomic E-state index is -0.836. The van der Waals surface area contributed by atoms with Crippen molar-refractivity contribution >= 4 is 13.4 Å². The molecule has 0 aliphatic carbocycles. The van der Waals surface area contributed by atoms with Crippen molar-refractivity contribution in [2.24, 2.45) is 5.64 Å². The molecule has 0 spiro atoms. The predicted molar refractivity (Wildman–Crippen MR) is 23.8 cm³/mol. The van der Waals surface area contributed by atoms with E-state index in [9.17, 15) is 4.79 Å². The molecule has 0 aliphatic heterocycles. The second-order valence-corrected chi connectivity index (χ2v) is 0.932. The number of carboxylic acid groups (broad SMARTS) is 1. The Morgan fingerprint density at radius 1 is 2.00 bits per heavy atom. The number of aliphatic carboxylic acids is 1. The van der Waals surface area contributed by atoms with Gasteiger partial charge >= 0.3 is 0 Å². The van der Waals surface area contributed by atoms with Crippen LogP contribution in [0.4, 0.5) is 0 Å². The van der Waals surface area contributed by atoms with Crippen LogP contribution in [0, 0.1) is 0 Å². The van der Waals surface area contributed by atoms with E-state index < -0.39 is 5.97 Å². The lowest BCUT2D eigenvalue weighted by Gasteiger charge is -1.78. The molecule has 3 N–H and O–H groups in total. The zero-order chi connectivity index (χ0) is 4.99. The molecule has 0 aromatic heterocycles. The molecule has 0 aromatic carbocycles. The Morgan fingerprint density at radius 3 is 2.50 bits per heavy atom. The molecular formula is C2H6BNO2. The van der Waals surface area contributed by atoms with Gasteiger partial charge in [0.05, 0.1) is 0 Å². The Kier molecular flexibility index (Phi) is 2.49. The first kappa shape index (κ1) is 5.49. The maximum Gasteiger partial charge on any atom is 0.297 e. The normalized spacial score (nSPS) is 7.50. The summed E-state index contributed by atoms with van der Waals surface area (Å²) in [6, 6.07) is 0. The average Bonchev–Trinajstić information content (AvgIpc) is 1.35. The van der Waals surface area contributed by atoms with Crippen LogP contribution in [0.1, 0.15) is 0 Å². The molecule has 0 bridgehead atoms. The average molecular weight is 86.9 g/mol. The molecule has 3 nitrogen and oxygen atoms in total. The second-order valence-electron chi connectivity index (χ2n) is 0.932. The van der Waals surface area contributed by atoms with Crippen molar-refractivity contribution in [2.45, 2.75) is 6.32 Å². The molecule has 0 heterocycles. The molecule has 0 unspecified atom stereocenters. The molecule has 0 radical (unpaired) electrons. The number of rotatable bonds is 2. The van der Waals surface area contributed by atoms with Gasteiger partial charge in [0.2, 0.25) is 7.41 Å². The zero-order valence-electron chi connectivity index (χ0n) is 3.35. The van der Waals surface area contributed by atoms with Gasteiger partial charge in [-0.1, -0.05) is 0 Å². The molecule has 0 aliphatic rings. The molecule has 0 aromatic rings. The largest absolute Gasteiger partial charge is 0.482 e. The molecule has 4 heteroatoms. The summed E-state index contributed by atoms with van der Waals surface area (Å²) in [6.45, 7) is 0. The van der Waals surface area contributed by atoms with Crippen LogP contribution in [0.15, 0.2) is 0 Å². The summed E-state index contributed by atoms with van der Waals surface area (Å²) in [6.07, 6.45) is 0.0694. The van der Waals surface area contributed by atoms with Crippen LogP contribution >= 0.6 is 0 Å². The van der Waals surface area contributed by atoms with E-state index >= 15 is 0 Å². The first-order chi connectivity index (χ1) is 2.77. The summed E-state index contributed by atoms with van der Waals surface area (Å²) in [4.78, 5) is 9.52. The third kappa shape index (κ3) is 3.49. The highest BCUT2D eigenvalue weighted by Crippen LogP contribution is 1.67. The highest BCUT2D eigenvalue weighted by atomic mass is 16.4. The quantitative estimate of drug-likeness (QED) is 0.415. The van der Waals surface area contributed by atoms with Crippen molar-refractivity contribution in [1.29, 1.82) is 0 Å². The molecular weight excluding hydrogens is 80.8 g/mol. The van der Waals surface area contributed by atoms with E-state index in [1.165, 1.54) is 0 Å². The van der Waals surface area contributed by atoms with Gasteiger partial charge in [-0.15, -0.1) is 0 Å². The van der Waals surface area contributed by atoms with Crippen molar-refractivity contribution in [3.05, 3.63) is 0 Å². The van der Waals surface area contributed by atoms with Crippen molar-refractivity contribution in [3.8, 4) is 0 Å². The van der Waals surface area contributed by atoms with E-state index in [-0.39, 0.29) is 13.7 Å². The van der Waals surface area contributed by atoms with Crippen LogP contribution in [-0.4, -0.2) is 18.5 Å². The highest BCUT2D eigenvalue weighted by molar-refractivity contribution is 6.36. The van der Waals surface area contributed by atoms with Crippen LogP contribution in [0.5, 0.6) is 0 Å². The Hall–Kier alpha value is -0.505. The lowest BCUT2D eigenvalue weighted by molar-refractivity contribution is -0.134. The Labute approximate surface area is 36.4 Å². The van der Waals surface area contributed by atoms with Crippen molar-refractivity contribution in [2.75, 3.05) is 0 Å². The van der Waals surface area contributed by atoms with Gasteiger partial charge in [-0.2, -0.15) is 0 Å². The summed E-state index contributed by atoms with van der Waals surface area (Å²) in [5.74, 6) is -0.836. The van der Waals surface area contributed by atoms with Gasteiger partial charge in [0.1, 0.15) is 0 Å². The van der Waals surface area contributed by atoms with Crippen molar-refractivity contribution in [1.82, 2.24) is 0 Å². The molecule has 0 amide bonds. The maximum absolute atomic E-state index is 9.52. The first-order valence-electron chi connectivity index (χ1n) is 1.69. The fourth-order valence-corrected chi connectivity index (χ4v) is 0.123. The number of hydrogen-bond acceptors (Lipinski definition) is 2. The Balaban J connectivity index is 2.83. The molecule has 0 rings (SSSR count). The maximum atomic E-state index is 9.52. The Morgan fingerprint density at radius 2 is 2.50 bits per heavy atom. The second kappa shape index (κ2) is 2.72. The predicted octanol–water partition coefficient (Wildman–Crippen LogP) is -1.20. The van der Waals surface area contributed by atoms with Crippen LogP contribution in [0.3, 0.4) is 0 Å². The summed E-state index contributed by atoms with van der Waals surface area (Å²) in [5.41, 5.74) is 4.85. The van der Waals surface area contributed by atoms with E-state index in [1.54, 1.807) is 0 Å². The third-order valence-electron chi connectivity index (χ3n) is 0.358. The monoisotopic (exact) mass is 87.0 g/mol. The van der Waals surface area contributed by atoms with Gasteiger partial charge in [0, 0.05) is 6.32 Å². The van der Waals surface area contributed by atoms with Gasteiger partial charge in [-0.25, -0.2) is 0 Å². The minimum absolute atomic E-state index is 0.0694. The van der Waals surface area contributed by atoms with Crippen LogP contribution in [0.25, 0.3) is 0 Å². The van der Waals surface area contributed by atoms with Crippen LogP contribution in [0.2, 0.25) is 6.32 Å². The van der Waals surface area contributed by atoms with E-state index in [0.717, 1.165) is 0 Å². The molecule has 0 saturated heterocycles. The lowest BCUT2D eigenvalue weighted by Crippen LogP contribution is -2.09. The van der Waals surface area contributed by atoms with E-state index in [0.29, 0.717) is 0 Å². The van der Waals surface area contributed by atoms with Crippen molar-refractivity contribution in [3.63, 3.8) is 0 Å². The number of nitrogens with two attached hydrogens (primary N) is 1. The first-order valence-corrected chi connectivity index (χ1v) is 1.69. The number of hydrogen-bond donors (Lipinski definition) is 2. The van der Waals surface area contributed by atoms with E-state index in [2.05, 4.69) is 0 Å². The molecule has 0 fully saturated rings. The molecule has 34 valence electrons. The summed E-state index contributed by atoms with van der Waals surface area (Å²) in [7, 11) is 0.231. The molecule has 0 atom stereocenters. The number of carboxylic acids is 1. The Bertz CT molecular complexity index is 55.5.